The van der Waals surface area contributed by atoms with Gasteiger partial charge in [-0.05, 0) is 38.5 Å². The van der Waals surface area contributed by atoms with Gasteiger partial charge in [0.05, 0.1) is 0 Å². The number of carbonyl (C=O) groups is 1. The lowest BCUT2D eigenvalue weighted by atomic mass is 10.1. The molecule has 0 saturated carbocycles. The van der Waals surface area contributed by atoms with Crippen LogP contribution in [0.25, 0.3) is 0 Å². The number of hydrogen-bond acceptors (Lipinski definition) is 1. The van der Waals surface area contributed by atoms with Gasteiger partial charge in [-0.15, -0.1) is 0 Å². The van der Waals surface area contributed by atoms with Gasteiger partial charge in [0.2, 0.25) is 0 Å². The summed E-state index contributed by atoms with van der Waals surface area (Å²) >= 11 is 0. The summed E-state index contributed by atoms with van der Waals surface area (Å²) in [7, 11) is 0. The Hall–Kier alpha value is -1.05. The van der Waals surface area contributed by atoms with Gasteiger partial charge in [0, 0.05) is 6.42 Å². The Morgan fingerprint density at radius 3 is 1.55 bits per heavy atom. The van der Waals surface area contributed by atoms with Crippen LogP contribution in [0.5, 0.6) is 0 Å². The first-order valence-electron chi connectivity index (χ1n) is 9.29. The second-order valence-electron chi connectivity index (χ2n) is 6.07. The molecule has 0 radical (unpaired) electrons. The lowest BCUT2D eigenvalue weighted by molar-refractivity contribution is -0.136. The summed E-state index contributed by atoms with van der Waals surface area (Å²) in [4.78, 5) is 10.3. The van der Waals surface area contributed by atoms with Gasteiger partial charge in [-0.1, -0.05) is 76.2 Å². The number of allylic oxidation sites excluding steroid dienone is 4. The third kappa shape index (κ3) is 18.9. The first-order chi connectivity index (χ1) is 10.8. The van der Waals surface area contributed by atoms with Crippen LogP contribution in [0.15, 0.2) is 24.3 Å². The molecule has 0 unspecified atom stereocenters. The molecule has 0 heterocycles. The molecular formula is C20H36O2. The van der Waals surface area contributed by atoms with Gasteiger partial charge in [-0.2, -0.15) is 0 Å². The maximum absolute atomic E-state index is 10.3. The molecule has 128 valence electrons. The van der Waals surface area contributed by atoms with Gasteiger partial charge in [-0.25, -0.2) is 0 Å². The third-order valence-electron chi connectivity index (χ3n) is 3.82. The molecule has 0 saturated heterocycles. The van der Waals surface area contributed by atoms with Crippen LogP contribution in [0, 0.1) is 0 Å². The minimum atomic E-state index is -0.707. The molecule has 0 aromatic carbocycles. The number of rotatable bonds is 16. The van der Waals surface area contributed by atoms with Crippen molar-refractivity contribution in [1.29, 1.82) is 0 Å². The molecule has 22 heavy (non-hydrogen) atoms. The Morgan fingerprint density at radius 1 is 0.682 bits per heavy atom. The van der Waals surface area contributed by atoms with E-state index < -0.39 is 5.97 Å². The maximum Gasteiger partial charge on any atom is 0.303 e. The van der Waals surface area contributed by atoms with E-state index in [1.54, 1.807) is 0 Å². The number of hydrogen-bond donors (Lipinski definition) is 1. The van der Waals surface area contributed by atoms with Crippen molar-refractivity contribution in [3.8, 4) is 0 Å². The predicted octanol–water partition coefficient (Wildman–Crippen LogP) is 6.66. The fourth-order valence-electron chi connectivity index (χ4n) is 2.41. The Morgan fingerprint density at radius 2 is 1.09 bits per heavy atom. The second kappa shape index (κ2) is 18.0. The molecule has 2 nitrogen and oxygen atoms in total. The normalized spacial score (nSPS) is 11.7. The SMILES string of the molecule is CCCC/C=C/CCCCCCCCC/C=C/CCC(=O)O. The molecule has 0 aliphatic rings. The van der Waals surface area contributed by atoms with E-state index in [9.17, 15) is 4.79 Å². The summed E-state index contributed by atoms with van der Waals surface area (Å²) in [5.74, 6) is -0.707. The zero-order valence-electron chi connectivity index (χ0n) is 14.6. The zero-order valence-corrected chi connectivity index (χ0v) is 14.6. The van der Waals surface area contributed by atoms with Crippen molar-refractivity contribution in [2.45, 2.75) is 96.8 Å². The molecule has 0 rings (SSSR count). The molecule has 1 N–H and O–H groups in total. The van der Waals surface area contributed by atoms with E-state index in [0.29, 0.717) is 6.42 Å². The molecule has 0 spiro atoms. The summed E-state index contributed by atoms with van der Waals surface area (Å²) in [6, 6.07) is 0. The maximum atomic E-state index is 10.3. The molecule has 0 aromatic rings. The summed E-state index contributed by atoms with van der Waals surface area (Å²) in [6.07, 6.45) is 25.3. The molecule has 0 aliphatic heterocycles. The summed E-state index contributed by atoms with van der Waals surface area (Å²) in [6.45, 7) is 2.24. The minimum Gasteiger partial charge on any atom is -0.481 e. The quantitative estimate of drug-likeness (QED) is 0.255. The van der Waals surface area contributed by atoms with E-state index in [-0.39, 0.29) is 6.42 Å². The highest BCUT2D eigenvalue weighted by atomic mass is 16.4. The number of carboxylic acids is 1. The molecule has 0 amide bonds. The van der Waals surface area contributed by atoms with E-state index >= 15 is 0 Å². The summed E-state index contributed by atoms with van der Waals surface area (Å²) in [5.41, 5.74) is 0. The highest BCUT2D eigenvalue weighted by Gasteiger charge is 1.92. The van der Waals surface area contributed by atoms with Crippen LogP contribution >= 0.6 is 0 Å². The van der Waals surface area contributed by atoms with Crippen molar-refractivity contribution in [1.82, 2.24) is 0 Å². The van der Waals surface area contributed by atoms with E-state index in [2.05, 4.69) is 25.2 Å². The fourth-order valence-corrected chi connectivity index (χ4v) is 2.41. The molecule has 0 aromatic heterocycles. The average Bonchev–Trinajstić information content (AvgIpc) is 2.50. The van der Waals surface area contributed by atoms with Crippen molar-refractivity contribution in [3.05, 3.63) is 24.3 Å². The largest absolute Gasteiger partial charge is 0.481 e. The molecule has 2 heteroatoms. The number of aliphatic carboxylic acids is 1. The van der Waals surface area contributed by atoms with Crippen LogP contribution in [0.4, 0.5) is 0 Å². The minimum absolute atomic E-state index is 0.254. The Bertz CT molecular complexity index is 292. The van der Waals surface area contributed by atoms with Crippen LogP contribution in [0.1, 0.15) is 96.8 Å². The highest BCUT2D eigenvalue weighted by Crippen LogP contribution is 2.10. The summed E-state index contributed by atoms with van der Waals surface area (Å²) in [5, 5.41) is 8.50. The van der Waals surface area contributed by atoms with Gasteiger partial charge in [0.1, 0.15) is 0 Å². The molecule has 0 bridgehead atoms. The van der Waals surface area contributed by atoms with E-state index in [1.807, 2.05) is 6.08 Å². The van der Waals surface area contributed by atoms with Crippen molar-refractivity contribution < 1.29 is 9.90 Å². The number of carboxylic acid groups (broad SMARTS) is 1. The molecule has 0 aliphatic carbocycles. The Kier molecular flexibility index (Phi) is 17.1. The lowest BCUT2D eigenvalue weighted by Gasteiger charge is -2.00. The first kappa shape index (κ1) is 20.9. The predicted molar refractivity (Wildman–Crippen MR) is 96.2 cm³/mol. The average molecular weight is 309 g/mol. The second-order valence-corrected chi connectivity index (χ2v) is 6.07. The van der Waals surface area contributed by atoms with Gasteiger partial charge in [0.25, 0.3) is 0 Å². The van der Waals surface area contributed by atoms with E-state index in [1.165, 1.54) is 70.6 Å². The van der Waals surface area contributed by atoms with Crippen LogP contribution in [-0.4, -0.2) is 11.1 Å². The summed E-state index contributed by atoms with van der Waals surface area (Å²) < 4.78 is 0. The highest BCUT2D eigenvalue weighted by molar-refractivity contribution is 5.66. The van der Waals surface area contributed by atoms with E-state index in [0.717, 1.165) is 6.42 Å². The monoisotopic (exact) mass is 308 g/mol. The fraction of sp³-hybridized carbons (Fsp3) is 0.750. The van der Waals surface area contributed by atoms with Gasteiger partial charge in [0.15, 0.2) is 0 Å². The molecular weight excluding hydrogens is 272 g/mol. The van der Waals surface area contributed by atoms with Gasteiger partial charge < -0.3 is 5.11 Å². The number of unbranched alkanes of at least 4 members (excludes halogenated alkanes) is 10. The van der Waals surface area contributed by atoms with Gasteiger partial charge >= 0.3 is 5.97 Å². The van der Waals surface area contributed by atoms with Crippen LogP contribution in [0.2, 0.25) is 0 Å². The van der Waals surface area contributed by atoms with E-state index in [4.69, 9.17) is 5.11 Å². The Labute approximate surface area is 137 Å². The Balaban J connectivity index is 3.11. The van der Waals surface area contributed by atoms with Crippen LogP contribution < -0.4 is 0 Å². The molecule has 0 fully saturated rings. The zero-order chi connectivity index (χ0) is 16.3. The topological polar surface area (TPSA) is 37.3 Å². The van der Waals surface area contributed by atoms with Crippen molar-refractivity contribution in [2.75, 3.05) is 0 Å². The molecule has 0 atom stereocenters. The van der Waals surface area contributed by atoms with Crippen LogP contribution in [-0.2, 0) is 4.79 Å². The smallest absolute Gasteiger partial charge is 0.303 e. The first-order valence-corrected chi connectivity index (χ1v) is 9.29. The third-order valence-corrected chi connectivity index (χ3v) is 3.82. The van der Waals surface area contributed by atoms with Crippen molar-refractivity contribution in [3.63, 3.8) is 0 Å². The van der Waals surface area contributed by atoms with Crippen molar-refractivity contribution >= 4 is 5.97 Å². The lowest BCUT2D eigenvalue weighted by Crippen LogP contribution is -1.91. The standard InChI is InChI=1S/C20H36O2/c1-2-3-4-5-6-7-8-9-10-11-12-13-14-15-16-17-18-19-20(21)22/h5-6,16-17H,2-4,7-15,18-19H2,1H3,(H,21,22)/b6-5+,17-16+. The van der Waals surface area contributed by atoms with Crippen molar-refractivity contribution in [2.24, 2.45) is 0 Å². The van der Waals surface area contributed by atoms with Crippen LogP contribution in [0.3, 0.4) is 0 Å². The van der Waals surface area contributed by atoms with Gasteiger partial charge in [-0.3, -0.25) is 4.79 Å².